The molecular formula is C51H97NO5S. The Morgan fingerprint density at radius 1 is 0.362 bits per heavy atom. The van der Waals surface area contributed by atoms with Crippen molar-refractivity contribution in [3.63, 3.8) is 0 Å². The van der Waals surface area contributed by atoms with Crippen LogP contribution < -0.4 is 0 Å². The van der Waals surface area contributed by atoms with E-state index in [0.29, 0.717) is 19.3 Å². The molecule has 0 spiro atoms. The molecule has 1 atom stereocenters. The van der Waals surface area contributed by atoms with Gasteiger partial charge in [0.2, 0.25) is 17.4 Å². The number of carbonyl (C=O) groups is 4. The van der Waals surface area contributed by atoms with Crippen molar-refractivity contribution < 1.29 is 24.3 Å². The highest BCUT2D eigenvalue weighted by molar-refractivity contribution is 7.80. The van der Waals surface area contributed by atoms with E-state index in [9.17, 15) is 24.3 Å². The van der Waals surface area contributed by atoms with E-state index in [4.69, 9.17) is 0 Å². The molecule has 0 radical (unpaired) electrons. The van der Waals surface area contributed by atoms with E-state index in [1.54, 1.807) is 0 Å². The lowest BCUT2D eigenvalue weighted by molar-refractivity contribution is -0.169. The smallest absolute Gasteiger partial charge is 0.338 e. The number of amides is 2. The van der Waals surface area contributed by atoms with E-state index in [-0.39, 0.29) is 19.3 Å². The predicted molar refractivity (Wildman–Crippen MR) is 252 cm³/mol. The molecule has 6 nitrogen and oxygen atoms in total. The molecule has 0 aromatic heterocycles. The average Bonchev–Trinajstić information content (AvgIpc) is 3.21. The number of carboxylic acids is 1. The number of Topliss-reactive ketones (excluding diaryl/α,β-unsaturated/α-hetero) is 1. The summed E-state index contributed by atoms with van der Waals surface area (Å²) in [7, 11) is 0. The number of imide groups is 1. The van der Waals surface area contributed by atoms with Crippen molar-refractivity contribution in [2.45, 2.75) is 296 Å². The summed E-state index contributed by atoms with van der Waals surface area (Å²) in [5, 5.41) is 10.6. The van der Waals surface area contributed by atoms with Gasteiger partial charge in [0.25, 0.3) is 0 Å². The van der Waals surface area contributed by atoms with Crippen LogP contribution in [0.15, 0.2) is 0 Å². The largest absolute Gasteiger partial charge is 0.479 e. The first-order valence-electron chi connectivity index (χ1n) is 25.6. The number of carboxylic acid groups (broad SMARTS) is 1. The Bertz CT molecular complexity index is 931. The van der Waals surface area contributed by atoms with Gasteiger partial charge in [0.15, 0.2) is 5.78 Å². The highest BCUT2D eigenvalue weighted by Crippen LogP contribution is 2.27. The zero-order chi connectivity index (χ0) is 42.8. The molecule has 342 valence electrons. The molecule has 1 unspecified atom stereocenters. The Labute approximate surface area is 365 Å². The normalized spacial score (nSPS) is 12.5. The van der Waals surface area contributed by atoms with Gasteiger partial charge in [-0.05, 0) is 19.3 Å². The fraction of sp³-hybridized carbons (Fsp3) is 0.922. The number of hydrogen-bond acceptors (Lipinski definition) is 5. The monoisotopic (exact) mass is 836 g/mol. The molecule has 0 heterocycles. The predicted octanol–water partition coefficient (Wildman–Crippen LogP) is 16.1. The number of aliphatic carboxylic acids is 1. The second kappa shape index (κ2) is 42.3. The molecule has 0 aliphatic rings. The first-order valence-corrected chi connectivity index (χ1v) is 26.2. The maximum atomic E-state index is 13.9. The quantitative estimate of drug-likeness (QED) is 0.0362. The molecule has 0 aromatic carbocycles. The van der Waals surface area contributed by atoms with Crippen molar-refractivity contribution in [1.29, 1.82) is 0 Å². The lowest BCUT2D eigenvalue weighted by Gasteiger charge is -2.37. The summed E-state index contributed by atoms with van der Waals surface area (Å²) in [5.74, 6) is -3.44. The van der Waals surface area contributed by atoms with E-state index in [1.807, 2.05) is 0 Å². The van der Waals surface area contributed by atoms with Crippen LogP contribution in [-0.4, -0.2) is 44.9 Å². The first-order chi connectivity index (χ1) is 28.3. The van der Waals surface area contributed by atoms with Crippen molar-refractivity contribution in [2.24, 2.45) is 0 Å². The van der Waals surface area contributed by atoms with Gasteiger partial charge in [-0.15, -0.1) is 0 Å². The minimum absolute atomic E-state index is 0.0408. The van der Waals surface area contributed by atoms with Crippen LogP contribution in [0.4, 0.5) is 0 Å². The van der Waals surface area contributed by atoms with E-state index >= 15 is 0 Å². The van der Waals surface area contributed by atoms with Crippen molar-refractivity contribution in [3.05, 3.63) is 0 Å². The van der Waals surface area contributed by atoms with Crippen LogP contribution in [0.25, 0.3) is 0 Å². The average molecular weight is 836 g/mol. The molecule has 7 heteroatoms. The van der Waals surface area contributed by atoms with Gasteiger partial charge < -0.3 is 5.11 Å². The molecule has 1 N–H and O–H groups in total. The number of thiol groups is 1. The number of nitrogens with zero attached hydrogens (tertiary/aromatic N) is 1. The molecule has 58 heavy (non-hydrogen) atoms. The first kappa shape index (κ1) is 56.6. The summed E-state index contributed by atoms with van der Waals surface area (Å²) in [6.07, 6.45) is 46.0. The van der Waals surface area contributed by atoms with Gasteiger partial charge in [-0.3, -0.25) is 19.3 Å². The second-order valence-corrected chi connectivity index (χ2v) is 18.2. The third kappa shape index (κ3) is 29.8. The maximum absolute atomic E-state index is 13.9. The Morgan fingerprint density at radius 2 is 0.569 bits per heavy atom. The Hall–Kier alpha value is -1.37. The minimum atomic E-state index is -2.25. The molecule has 0 saturated carbocycles. The number of carbonyl (C=O) groups excluding carboxylic acids is 3. The van der Waals surface area contributed by atoms with Gasteiger partial charge in [0.05, 0.1) is 0 Å². The number of hydrogen-bond donors (Lipinski definition) is 2. The number of unbranched alkanes of at least 4 members (excludes halogenated alkanes) is 36. The summed E-state index contributed by atoms with van der Waals surface area (Å²) >= 11 is 4.39. The lowest BCUT2D eigenvalue weighted by Crippen LogP contribution is -2.65. The molecule has 0 fully saturated rings. The Kier molecular flexibility index (Phi) is 41.3. The zero-order valence-electron chi connectivity index (χ0n) is 38.9. The fourth-order valence-corrected chi connectivity index (χ4v) is 8.91. The third-order valence-electron chi connectivity index (χ3n) is 12.4. The number of ketones is 1. The maximum Gasteiger partial charge on any atom is 0.338 e. The lowest BCUT2D eigenvalue weighted by atomic mass is 9.88. The molecule has 0 saturated heterocycles. The van der Waals surface area contributed by atoms with Crippen molar-refractivity contribution >= 4 is 36.2 Å². The van der Waals surface area contributed by atoms with Crippen molar-refractivity contribution in [2.75, 3.05) is 5.75 Å². The summed E-state index contributed by atoms with van der Waals surface area (Å²) < 4.78 is 0. The van der Waals surface area contributed by atoms with Gasteiger partial charge in [-0.1, -0.05) is 252 Å². The van der Waals surface area contributed by atoms with Crippen LogP contribution in [0, 0.1) is 0 Å². The highest BCUT2D eigenvalue weighted by atomic mass is 32.1. The minimum Gasteiger partial charge on any atom is -0.479 e. The van der Waals surface area contributed by atoms with Crippen LogP contribution >= 0.6 is 12.6 Å². The van der Waals surface area contributed by atoms with Crippen LogP contribution in [0.2, 0.25) is 0 Å². The summed E-state index contributed by atoms with van der Waals surface area (Å²) in [6, 6.07) is 0. The van der Waals surface area contributed by atoms with E-state index < -0.39 is 34.9 Å². The molecule has 0 aromatic rings. The Morgan fingerprint density at radius 3 is 0.776 bits per heavy atom. The molecule has 0 aliphatic carbocycles. The van der Waals surface area contributed by atoms with Crippen molar-refractivity contribution in [1.82, 2.24) is 4.90 Å². The van der Waals surface area contributed by atoms with Gasteiger partial charge in [0, 0.05) is 25.0 Å². The zero-order valence-corrected chi connectivity index (χ0v) is 39.8. The van der Waals surface area contributed by atoms with E-state index in [0.717, 1.165) is 62.7 Å². The van der Waals surface area contributed by atoms with E-state index in [2.05, 4.69) is 33.4 Å². The van der Waals surface area contributed by atoms with Gasteiger partial charge in [-0.25, -0.2) is 4.79 Å². The summed E-state index contributed by atoms with van der Waals surface area (Å²) in [6.45, 7) is 6.75. The van der Waals surface area contributed by atoms with Gasteiger partial charge in [-0.2, -0.15) is 12.6 Å². The number of rotatable bonds is 46. The van der Waals surface area contributed by atoms with Crippen molar-refractivity contribution in [3.8, 4) is 0 Å². The molecule has 0 aliphatic heterocycles. The SMILES string of the molecule is CCCCCCCCCCCCCCCC(=O)N(C(=O)CCCCCCCCCCCCCCC)C(CS)(C(=O)O)C(=O)CCCCCCCCCCCCCCC. The molecule has 0 rings (SSSR count). The van der Waals surface area contributed by atoms with Crippen LogP contribution in [-0.2, 0) is 19.2 Å². The topological polar surface area (TPSA) is 91.8 Å². The van der Waals surface area contributed by atoms with Crippen LogP contribution in [0.3, 0.4) is 0 Å². The van der Waals surface area contributed by atoms with Gasteiger partial charge >= 0.3 is 5.97 Å². The highest BCUT2D eigenvalue weighted by Gasteiger charge is 2.53. The molecular weight excluding hydrogens is 739 g/mol. The van der Waals surface area contributed by atoms with Crippen LogP contribution in [0.5, 0.6) is 0 Å². The standard InChI is InChI=1S/C51H97NO5S/c1-4-7-10-13-16-19-22-25-28-31-34-37-40-43-47(53)51(46-58,50(56)57)52(48(54)44-41-38-35-32-29-26-23-20-17-14-11-8-5-2)49(55)45-42-39-36-33-30-27-24-21-18-15-12-9-6-3/h58H,4-46H2,1-3H3,(H,56,57). The molecule has 0 bridgehead atoms. The van der Waals surface area contributed by atoms with Crippen LogP contribution in [0.1, 0.15) is 290 Å². The Balaban J connectivity index is 5.05. The molecule has 2 amide bonds. The van der Waals surface area contributed by atoms with Gasteiger partial charge in [0.1, 0.15) is 0 Å². The van der Waals surface area contributed by atoms with E-state index in [1.165, 1.54) is 173 Å². The third-order valence-corrected chi connectivity index (χ3v) is 12.9. The summed E-state index contributed by atoms with van der Waals surface area (Å²) in [5.41, 5.74) is -2.25. The fourth-order valence-electron chi connectivity index (χ4n) is 8.45. The summed E-state index contributed by atoms with van der Waals surface area (Å²) in [4.78, 5) is 55.6. The second-order valence-electron chi connectivity index (χ2n) is 17.8.